The molecule has 1 aromatic rings. The van der Waals surface area contributed by atoms with E-state index in [0.717, 1.165) is 17.9 Å². The second-order valence-corrected chi connectivity index (χ2v) is 4.58. The van der Waals surface area contributed by atoms with Crippen molar-refractivity contribution < 1.29 is 4.79 Å². The van der Waals surface area contributed by atoms with Crippen molar-refractivity contribution >= 4 is 35.0 Å². The molecule has 0 saturated carbocycles. The number of hydrogen-bond acceptors (Lipinski definition) is 2. The van der Waals surface area contributed by atoms with Gasteiger partial charge in [-0.25, -0.2) is 0 Å². The molecular formula is C11H14ClNOS. The van der Waals surface area contributed by atoms with Gasteiger partial charge < -0.3 is 5.32 Å². The first-order valence-electron chi connectivity index (χ1n) is 4.76. The molecule has 0 unspecified atom stereocenters. The molecule has 0 radical (unpaired) electrons. The van der Waals surface area contributed by atoms with Crippen molar-refractivity contribution in [3.8, 4) is 0 Å². The molecule has 0 saturated heterocycles. The zero-order valence-corrected chi connectivity index (χ0v) is 10.2. The van der Waals surface area contributed by atoms with Crippen LogP contribution in [0.5, 0.6) is 0 Å². The predicted molar refractivity (Wildman–Crippen MR) is 67.7 cm³/mol. The summed E-state index contributed by atoms with van der Waals surface area (Å²) in [5, 5.41) is 3.45. The lowest BCUT2D eigenvalue weighted by Crippen LogP contribution is -2.11. The number of nitrogens with one attached hydrogen (secondary N) is 1. The number of thioether (sulfide) groups is 1. The summed E-state index contributed by atoms with van der Waals surface area (Å²) in [5.74, 6) is 1.06. The summed E-state index contributed by atoms with van der Waals surface area (Å²) < 4.78 is 0. The van der Waals surface area contributed by atoms with Crippen LogP contribution in [0.15, 0.2) is 24.3 Å². The van der Waals surface area contributed by atoms with Gasteiger partial charge in [-0.3, -0.25) is 4.79 Å². The molecule has 0 aromatic heterocycles. The normalized spacial score (nSPS) is 10.0. The number of rotatable bonds is 5. The lowest BCUT2D eigenvalue weighted by Gasteiger charge is -2.04. The van der Waals surface area contributed by atoms with Crippen LogP contribution in [0.2, 0.25) is 5.02 Å². The molecule has 1 aromatic carbocycles. The largest absolute Gasteiger partial charge is 0.326 e. The van der Waals surface area contributed by atoms with Crippen LogP contribution >= 0.6 is 23.4 Å². The van der Waals surface area contributed by atoms with Crippen molar-refractivity contribution in [3.05, 3.63) is 29.3 Å². The van der Waals surface area contributed by atoms with E-state index in [1.54, 1.807) is 23.9 Å². The van der Waals surface area contributed by atoms with Crippen LogP contribution in [-0.4, -0.2) is 17.9 Å². The third kappa shape index (κ3) is 5.09. The highest BCUT2D eigenvalue weighted by molar-refractivity contribution is 7.98. The Labute approximate surface area is 99.4 Å². The van der Waals surface area contributed by atoms with E-state index >= 15 is 0 Å². The fraction of sp³-hybridized carbons (Fsp3) is 0.364. The molecule has 0 aliphatic rings. The molecule has 0 spiro atoms. The molecule has 15 heavy (non-hydrogen) atoms. The summed E-state index contributed by atoms with van der Waals surface area (Å²) in [6.45, 7) is 0. The molecule has 1 rings (SSSR count). The first kappa shape index (κ1) is 12.4. The average Bonchev–Trinajstić information content (AvgIpc) is 2.18. The molecule has 1 N–H and O–H groups in total. The first-order valence-corrected chi connectivity index (χ1v) is 6.54. The molecule has 0 aliphatic heterocycles. The van der Waals surface area contributed by atoms with Crippen LogP contribution < -0.4 is 5.32 Å². The third-order valence-corrected chi connectivity index (χ3v) is 2.79. The van der Waals surface area contributed by atoms with Crippen molar-refractivity contribution in [1.82, 2.24) is 0 Å². The minimum Gasteiger partial charge on any atom is -0.326 e. The Balaban J connectivity index is 2.37. The van der Waals surface area contributed by atoms with Gasteiger partial charge in [0.25, 0.3) is 0 Å². The van der Waals surface area contributed by atoms with Gasteiger partial charge in [0, 0.05) is 17.1 Å². The first-order chi connectivity index (χ1) is 7.22. The maximum atomic E-state index is 11.4. The van der Waals surface area contributed by atoms with Gasteiger partial charge >= 0.3 is 0 Å². The second kappa shape index (κ2) is 6.75. The Morgan fingerprint density at radius 1 is 1.53 bits per heavy atom. The molecule has 0 heterocycles. The lowest BCUT2D eigenvalue weighted by atomic mass is 10.3. The van der Waals surface area contributed by atoms with E-state index in [0.29, 0.717) is 11.4 Å². The summed E-state index contributed by atoms with van der Waals surface area (Å²) in [6, 6.07) is 7.18. The van der Waals surface area contributed by atoms with E-state index in [9.17, 15) is 4.79 Å². The van der Waals surface area contributed by atoms with Gasteiger partial charge in [-0.2, -0.15) is 11.8 Å². The Morgan fingerprint density at radius 3 is 3.00 bits per heavy atom. The smallest absolute Gasteiger partial charge is 0.224 e. The molecule has 0 atom stereocenters. The summed E-state index contributed by atoms with van der Waals surface area (Å²) in [4.78, 5) is 11.4. The summed E-state index contributed by atoms with van der Waals surface area (Å²) >= 11 is 7.55. The SMILES string of the molecule is CSCCCC(=O)Nc1cccc(Cl)c1. The van der Waals surface area contributed by atoms with E-state index in [-0.39, 0.29) is 5.91 Å². The number of benzene rings is 1. The minimum atomic E-state index is 0.0475. The number of carbonyl (C=O) groups is 1. The Kier molecular flexibility index (Phi) is 5.58. The maximum Gasteiger partial charge on any atom is 0.224 e. The molecule has 1 amide bonds. The van der Waals surface area contributed by atoms with Crippen molar-refractivity contribution in [2.45, 2.75) is 12.8 Å². The van der Waals surface area contributed by atoms with E-state index in [1.807, 2.05) is 18.4 Å². The average molecular weight is 244 g/mol. The van der Waals surface area contributed by atoms with Crippen molar-refractivity contribution in [2.75, 3.05) is 17.3 Å². The van der Waals surface area contributed by atoms with Crippen LogP contribution in [0.25, 0.3) is 0 Å². The van der Waals surface area contributed by atoms with Crippen molar-refractivity contribution in [1.29, 1.82) is 0 Å². The van der Waals surface area contributed by atoms with E-state index in [4.69, 9.17) is 11.6 Å². The van der Waals surface area contributed by atoms with Crippen molar-refractivity contribution in [3.63, 3.8) is 0 Å². The number of amides is 1. The maximum absolute atomic E-state index is 11.4. The Bertz CT molecular complexity index is 330. The number of hydrogen-bond donors (Lipinski definition) is 1. The van der Waals surface area contributed by atoms with Gasteiger partial charge in [-0.1, -0.05) is 17.7 Å². The standard InChI is InChI=1S/C11H14ClNOS/c1-15-7-3-6-11(14)13-10-5-2-4-9(12)8-10/h2,4-5,8H,3,6-7H2,1H3,(H,13,14). The third-order valence-electron chi connectivity index (χ3n) is 1.86. The van der Waals surface area contributed by atoms with Crippen LogP contribution in [0.3, 0.4) is 0 Å². The molecular weight excluding hydrogens is 230 g/mol. The molecule has 0 aliphatic carbocycles. The highest BCUT2D eigenvalue weighted by atomic mass is 35.5. The Morgan fingerprint density at radius 2 is 2.33 bits per heavy atom. The topological polar surface area (TPSA) is 29.1 Å². The quantitative estimate of drug-likeness (QED) is 0.803. The van der Waals surface area contributed by atoms with Gasteiger partial charge in [-0.15, -0.1) is 0 Å². The van der Waals surface area contributed by atoms with Crippen molar-refractivity contribution in [2.24, 2.45) is 0 Å². The highest BCUT2D eigenvalue weighted by Gasteiger charge is 2.01. The molecule has 0 bridgehead atoms. The lowest BCUT2D eigenvalue weighted by molar-refractivity contribution is -0.116. The van der Waals surface area contributed by atoms with Gasteiger partial charge in [0.15, 0.2) is 0 Å². The monoisotopic (exact) mass is 243 g/mol. The minimum absolute atomic E-state index is 0.0475. The molecule has 2 nitrogen and oxygen atoms in total. The fourth-order valence-corrected chi connectivity index (χ4v) is 1.79. The van der Waals surface area contributed by atoms with Gasteiger partial charge in [0.05, 0.1) is 0 Å². The highest BCUT2D eigenvalue weighted by Crippen LogP contribution is 2.15. The molecule has 0 fully saturated rings. The Hall–Kier alpha value is -0.670. The van der Waals surface area contributed by atoms with E-state index in [1.165, 1.54) is 0 Å². The summed E-state index contributed by atoms with van der Waals surface area (Å²) in [5.41, 5.74) is 0.761. The second-order valence-electron chi connectivity index (χ2n) is 3.15. The fourth-order valence-electron chi connectivity index (χ4n) is 1.17. The van der Waals surface area contributed by atoms with Crippen LogP contribution in [0.4, 0.5) is 5.69 Å². The summed E-state index contributed by atoms with van der Waals surface area (Å²) in [7, 11) is 0. The molecule has 4 heteroatoms. The number of carbonyl (C=O) groups excluding carboxylic acids is 1. The van der Waals surface area contributed by atoms with Crippen LogP contribution in [0.1, 0.15) is 12.8 Å². The van der Waals surface area contributed by atoms with Gasteiger partial charge in [0.2, 0.25) is 5.91 Å². The zero-order chi connectivity index (χ0) is 11.1. The zero-order valence-electron chi connectivity index (χ0n) is 8.63. The number of anilines is 1. The van der Waals surface area contributed by atoms with Crippen LogP contribution in [-0.2, 0) is 4.79 Å². The predicted octanol–water partition coefficient (Wildman–Crippen LogP) is 3.42. The summed E-state index contributed by atoms with van der Waals surface area (Å²) in [6.07, 6.45) is 3.51. The number of halogens is 1. The van der Waals surface area contributed by atoms with Crippen LogP contribution in [0, 0.1) is 0 Å². The van der Waals surface area contributed by atoms with E-state index < -0.39 is 0 Å². The van der Waals surface area contributed by atoms with Gasteiger partial charge in [0.1, 0.15) is 0 Å². The van der Waals surface area contributed by atoms with E-state index in [2.05, 4.69) is 5.32 Å². The molecule has 82 valence electrons. The van der Waals surface area contributed by atoms with Gasteiger partial charge in [-0.05, 0) is 36.6 Å².